The maximum atomic E-state index is 12.8. The number of anilines is 1. The molecule has 0 saturated carbocycles. The van der Waals surface area contributed by atoms with Gasteiger partial charge in [0.15, 0.2) is 0 Å². The standard InChI is InChI=1S/C19H17N5O2S/c25-18(23-13-5-7-20-8-6-13)17-4-3-16(27-17)15-2-1-11-24(15)19(26)14-12-21-9-10-22-14/h3-10,12,15H,1-2,11H2,(H,20,23,25)/t15-/m1/s1. The van der Waals surface area contributed by atoms with Crippen LogP contribution in [0, 0.1) is 0 Å². The van der Waals surface area contributed by atoms with Crippen molar-refractivity contribution in [1.82, 2.24) is 19.9 Å². The second-order valence-electron chi connectivity index (χ2n) is 6.14. The lowest BCUT2D eigenvalue weighted by molar-refractivity contribution is 0.0731. The molecule has 27 heavy (non-hydrogen) atoms. The average Bonchev–Trinajstić information content (AvgIpc) is 3.38. The predicted molar refractivity (Wildman–Crippen MR) is 102 cm³/mol. The van der Waals surface area contributed by atoms with Crippen LogP contribution in [0.3, 0.4) is 0 Å². The van der Waals surface area contributed by atoms with Crippen LogP contribution < -0.4 is 5.32 Å². The van der Waals surface area contributed by atoms with Crippen molar-refractivity contribution < 1.29 is 9.59 Å². The molecule has 1 fully saturated rings. The van der Waals surface area contributed by atoms with Gasteiger partial charge in [-0.3, -0.25) is 19.6 Å². The fraction of sp³-hybridized carbons (Fsp3) is 0.211. The van der Waals surface area contributed by atoms with E-state index in [1.54, 1.807) is 36.8 Å². The maximum Gasteiger partial charge on any atom is 0.274 e. The molecule has 2 amide bonds. The Labute approximate surface area is 160 Å². The van der Waals surface area contributed by atoms with Crippen molar-refractivity contribution in [1.29, 1.82) is 0 Å². The summed E-state index contributed by atoms with van der Waals surface area (Å²) in [6.07, 6.45) is 9.61. The second-order valence-corrected chi connectivity index (χ2v) is 7.25. The molecule has 0 unspecified atom stereocenters. The van der Waals surface area contributed by atoms with Gasteiger partial charge in [0.2, 0.25) is 0 Å². The molecule has 7 nitrogen and oxygen atoms in total. The zero-order chi connectivity index (χ0) is 18.6. The molecule has 1 aliphatic heterocycles. The van der Waals surface area contributed by atoms with Crippen molar-refractivity contribution in [2.45, 2.75) is 18.9 Å². The third-order valence-corrected chi connectivity index (χ3v) is 5.60. The van der Waals surface area contributed by atoms with Gasteiger partial charge >= 0.3 is 0 Å². The molecule has 0 aliphatic carbocycles. The number of hydrogen-bond donors (Lipinski definition) is 1. The highest BCUT2D eigenvalue weighted by Crippen LogP contribution is 2.36. The van der Waals surface area contributed by atoms with E-state index in [2.05, 4.69) is 20.3 Å². The summed E-state index contributed by atoms with van der Waals surface area (Å²) >= 11 is 1.42. The summed E-state index contributed by atoms with van der Waals surface area (Å²) in [5.41, 5.74) is 1.04. The van der Waals surface area contributed by atoms with Gasteiger partial charge in [-0.05, 0) is 37.1 Å². The molecule has 4 rings (SSSR count). The molecule has 3 aromatic heterocycles. The van der Waals surface area contributed by atoms with E-state index in [0.29, 0.717) is 22.8 Å². The molecule has 0 aromatic carbocycles. The number of rotatable bonds is 4. The van der Waals surface area contributed by atoms with E-state index in [9.17, 15) is 9.59 Å². The fourth-order valence-electron chi connectivity index (χ4n) is 3.14. The van der Waals surface area contributed by atoms with E-state index < -0.39 is 0 Å². The monoisotopic (exact) mass is 379 g/mol. The van der Waals surface area contributed by atoms with Gasteiger partial charge in [-0.15, -0.1) is 11.3 Å². The number of carbonyl (C=O) groups excluding carboxylic acids is 2. The van der Waals surface area contributed by atoms with Crippen LogP contribution >= 0.6 is 11.3 Å². The minimum absolute atomic E-state index is 0.0352. The molecule has 136 valence electrons. The van der Waals surface area contributed by atoms with Crippen LogP contribution in [0.1, 0.15) is 43.9 Å². The quantitative estimate of drug-likeness (QED) is 0.752. The smallest absolute Gasteiger partial charge is 0.274 e. The number of carbonyl (C=O) groups is 2. The largest absolute Gasteiger partial charge is 0.329 e. The Hall–Kier alpha value is -3.13. The zero-order valence-electron chi connectivity index (χ0n) is 14.4. The second kappa shape index (κ2) is 7.63. The van der Waals surface area contributed by atoms with E-state index >= 15 is 0 Å². The Morgan fingerprint density at radius 3 is 2.70 bits per heavy atom. The highest BCUT2D eigenvalue weighted by Gasteiger charge is 2.32. The Balaban J connectivity index is 1.50. The molecule has 1 atom stereocenters. The van der Waals surface area contributed by atoms with Gasteiger partial charge in [0.1, 0.15) is 5.69 Å². The average molecular weight is 379 g/mol. The Morgan fingerprint density at radius 2 is 1.93 bits per heavy atom. The SMILES string of the molecule is O=C(Nc1ccncc1)c1ccc([C@H]2CCCN2C(=O)c2cnccn2)s1. The van der Waals surface area contributed by atoms with Crippen LogP contribution in [0.15, 0.2) is 55.2 Å². The summed E-state index contributed by atoms with van der Waals surface area (Å²) in [7, 11) is 0. The van der Waals surface area contributed by atoms with E-state index in [1.807, 2.05) is 11.0 Å². The number of nitrogens with one attached hydrogen (secondary N) is 1. The number of hydrogen-bond acceptors (Lipinski definition) is 6. The van der Waals surface area contributed by atoms with Gasteiger partial charge in [-0.2, -0.15) is 0 Å². The molecular weight excluding hydrogens is 362 g/mol. The van der Waals surface area contributed by atoms with Crippen LogP contribution in [0.2, 0.25) is 0 Å². The van der Waals surface area contributed by atoms with Crippen LogP contribution in [0.25, 0.3) is 0 Å². The van der Waals surface area contributed by atoms with Gasteiger partial charge in [0.25, 0.3) is 11.8 Å². The summed E-state index contributed by atoms with van der Waals surface area (Å²) in [5.74, 6) is -0.288. The maximum absolute atomic E-state index is 12.8. The van der Waals surface area contributed by atoms with Crippen LogP contribution in [0.4, 0.5) is 5.69 Å². The number of pyridine rings is 1. The van der Waals surface area contributed by atoms with Crippen LogP contribution in [-0.2, 0) is 0 Å². The summed E-state index contributed by atoms with van der Waals surface area (Å²) < 4.78 is 0. The molecule has 3 aromatic rings. The molecule has 8 heteroatoms. The van der Waals surface area contributed by atoms with Gasteiger partial charge in [-0.25, -0.2) is 4.98 Å². The first-order chi connectivity index (χ1) is 13.2. The molecular formula is C19H17N5O2S. The molecule has 0 spiro atoms. The van der Waals surface area contributed by atoms with Gasteiger partial charge in [-0.1, -0.05) is 0 Å². The lowest BCUT2D eigenvalue weighted by Gasteiger charge is -2.23. The minimum atomic E-state index is -0.165. The molecule has 0 radical (unpaired) electrons. The van der Waals surface area contributed by atoms with E-state index in [-0.39, 0.29) is 17.9 Å². The van der Waals surface area contributed by atoms with E-state index in [1.165, 1.54) is 23.7 Å². The molecule has 1 saturated heterocycles. The van der Waals surface area contributed by atoms with Crippen molar-refractivity contribution in [2.75, 3.05) is 11.9 Å². The number of amides is 2. The highest BCUT2D eigenvalue weighted by atomic mass is 32.1. The minimum Gasteiger partial charge on any atom is -0.329 e. The van der Waals surface area contributed by atoms with Crippen molar-refractivity contribution in [3.05, 3.63) is 70.7 Å². The van der Waals surface area contributed by atoms with Crippen molar-refractivity contribution >= 4 is 28.8 Å². The predicted octanol–water partition coefficient (Wildman–Crippen LogP) is 3.16. The fourth-order valence-corrected chi connectivity index (χ4v) is 4.20. The van der Waals surface area contributed by atoms with Crippen molar-refractivity contribution in [3.8, 4) is 0 Å². The zero-order valence-corrected chi connectivity index (χ0v) is 15.2. The van der Waals surface area contributed by atoms with E-state index in [0.717, 1.165) is 17.7 Å². The number of nitrogens with zero attached hydrogens (tertiary/aromatic N) is 4. The molecule has 4 heterocycles. The van der Waals surface area contributed by atoms with Crippen LogP contribution in [0.5, 0.6) is 0 Å². The summed E-state index contributed by atoms with van der Waals surface area (Å²) in [6, 6.07) is 7.18. The normalized spacial score (nSPS) is 16.3. The number of likely N-dealkylation sites (tertiary alicyclic amines) is 1. The van der Waals surface area contributed by atoms with Gasteiger partial charge < -0.3 is 10.2 Å². The summed E-state index contributed by atoms with van der Waals surface area (Å²) in [5, 5.41) is 2.85. The topological polar surface area (TPSA) is 88.1 Å². The number of thiophene rings is 1. The van der Waals surface area contributed by atoms with Crippen molar-refractivity contribution in [3.63, 3.8) is 0 Å². The number of aromatic nitrogens is 3. The highest BCUT2D eigenvalue weighted by molar-refractivity contribution is 7.14. The lowest BCUT2D eigenvalue weighted by Crippen LogP contribution is -2.30. The molecule has 1 N–H and O–H groups in total. The van der Waals surface area contributed by atoms with E-state index in [4.69, 9.17) is 0 Å². The van der Waals surface area contributed by atoms with Crippen molar-refractivity contribution in [2.24, 2.45) is 0 Å². The van der Waals surface area contributed by atoms with Gasteiger partial charge in [0.05, 0.1) is 17.1 Å². The Morgan fingerprint density at radius 1 is 1.07 bits per heavy atom. The Bertz CT molecular complexity index is 945. The first-order valence-corrected chi connectivity index (χ1v) is 9.42. The summed E-state index contributed by atoms with van der Waals surface area (Å²) in [6.45, 7) is 0.677. The Kier molecular flexibility index (Phi) is 4.88. The molecule has 1 aliphatic rings. The van der Waals surface area contributed by atoms with Gasteiger partial charge in [0, 0.05) is 41.9 Å². The molecule has 0 bridgehead atoms. The third kappa shape index (κ3) is 3.70. The third-order valence-electron chi connectivity index (χ3n) is 4.41. The first-order valence-electron chi connectivity index (χ1n) is 8.60. The lowest BCUT2D eigenvalue weighted by atomic mass is 10.2. The summed E-state index contributed by atoms with van der Waals surface area (Å²) in [4.78, 5) is 40.7. The van der Waals surface area contributed by atoms with Crippen LogP contribution in [-0.4, -0.2) is 38.2 Å². The first kappa shape index (κ1) is 17.3.